The van der Waals surface area contributed by atoms with Crippen molar-refractivity contribution in [1.29, 1.82) is 0 Å². The van der Waals surface area contributed by atoms with Crippen molar-refractivity contribution in [3.8, 4) is 11.5 Å². The Balaban J connectivity index is 1.63. The van der Waals surface area contributed by atoms with Gasteiger partial charge in [-0.3, -0.25) is 0 Å². The molecule has 0 radical (unpaired) electrons. The Kier molecular flexibility index (Phi) is 5.42. The zero-order valence-corrected chi connectivity index (χ0v) is 16.3. The first-order valence-corrected chi connectivity index (χ1v) is 9.30. The molecule has 3 aromatic carbocycles. The van der Waals surface area contributed by atoms with Crippen LogP contribution in [0.15, 0.2) is 72.8 Å². The van der Waals surface area contributed by atoms with Gasteiger partial charge in [0.25, 0.3) is 0 Å². The second-order valence-electron chi connectivity index (χ2n) is 6.43. The van der Waals surface area contributed by atoms with E-state index in [-0.39, 0.29) is 0 Å². The molecule has 6 heteroatoms. The van der Waals surface area contributed by atoms with Gasteiger partial charge in [-0.05, 0) is 42.5 Å². The van der Waals surface area contributed by atoms with E-state index in [1.807, 2.05) is 72.8 Å². The molecule has 4 aromatic rings. The summed E-state index contributed by atoms with van der Waals surface area (Å²) in [5.41, 5.74) is 2.81. The summed E-state index contributed by atoms with van der Waals surface area (Å²) >= 11 is 0. The van der Waals surface area contributed by atoms with Gasteiger partial charge in [-0.1, -0.05) is 30.3 Å². The first-order valence-electron chi connectivity index (χ1n) is 9.30. The third-order valence-corrected chi connectivity index (χ3v) is 4.59. The Bertz CT molecular complexity index is 1110. The number of fused-ring (bicyclic) bond motifs is 1. The van der Waals surface area contributed by atoms with E-state index in [2.05, 4.69) is 15.6 Å². The van der Waals surface area contributed by atoms with E-state index in [0.29, 0.717) is 12.5 Å². The van der Waals surface area contributed by atoms with E-state index in [9.17, 15) is 0 Å². The van der Waals surface area contributed by atoms with Crippen LogP contribution in [0.25, 0.3) is 10.9 Å². The van der Waals surface area contributed by atoms with E-state index in [1.54, 1.807) is 14.2 Å². The molecule has 0 aliphatic rings. The maximum atomic E-state index is 5.45. The van der Waals surface area contributed by atoms with E-state index < -0.39 is 0 Å². The van der Waals surface area contributed by atoms with Crippen molar-refractivity contribution in [3.63, 3.8) is 0 Å². The van der Waals surface area contributed by atoms with Gasteiger partial charge in [-0.25, -0.2) is 4.98 Å². The predicted octanol–water partition coefficient (Wildman–Crippen LogP) is 5.00. The van der Waals surface area contributed by atoms with E-state index in [1.165, 1.54) is 0 Å². The van der Waals surface area contributed by atoms with Crippen LogP contribution in [-0.4, -0.2) is 24.2 Å². The van der Waals surface area contributed by atoms with Gasteiger partial charge in [-0.2, -0.15) is 4.98 Å². The Morgan fingerprint density at radius 3 is 2.34 bits per heavy atom. The van der Waals surface area contributed by atoms with Crippen LogP contribution in [0.5, 0.6) is 11.5 Å². The number of anilines is 3. The summed E-state index contributed by atoms with van der Waals surface area (Å²) in [6.07, 6.45) is 0. The lowest BCUT2D eigenvalue weighted by molar-refractivity contribution is 0.410. The number of nitrogens with one attached hydrogen (secondary N) is 2. The van der Waals surface area contributed by atoms with Crippen LogP contribution in [0.3, 0.4) is 0 Å². The van der Waals surface area contributed by atoms with Gasteiger partial charge in [0.1, 0.15) is 17.3 Å². The van der Waals surface area contributed by atoms with Gasteiger partial charge in [0.05, 0.1) is 19.7 Å². The van der Waals surface area contributed by atoms with Crippen LogP contribution in [-0.2, 0) is 6.54 Å². The monoisotopic (exact) mass is 386 g/mol. The van der Waals surface area contributed by atoms with Crippen molar-refractivity contribution in [3.05, 3.63) is 78.4 Å². The summed E-state index contributed by atoms with van der Waals surface area (Å²) in [5, 5.41) is 7.66. The fraction of sp³-hybridized carbons (Fsp3) is 0.130. The summed E-state index contributed by atoms with van der Waals surface area (Å²) in [7, 11) is 3.32. The average molecular weight is 386 g/mol. The molecule has 29 heavy (non-hydrogen) atoms. The molecule has 0 bridgehead atoms. The average Bonchev–Trinajstić information content (AvgIpc) is 2.78. The Morgan fingerprint density at radius 1 is 0.793 bits per heavy atom. The van der Waals surface area contributed by atoms with Crippen molar-refractivity contribution in [1.82, 2.24) is 9.97 Å². The molecule has 0 amide bonds. The third kappa shape index (κ3) is 4.21. The van der Waals surface area contributed by atoms with Crippen molar-refractivity contribution in [2.24, 2.45) is 0 Å². The number of ether oxygens (including phenoxy) is 2. The van der Waals surface area contributed by atoms with Crippen LogP contribution in [0, 0.1) is 0 Å². The Labute approximate surface area is 169 Å². The molecule has 0 saturated heterocycles. The number of nitrogens with zero attached hydrogens (tertiary/aromatic N) is 2. The highest BCUT2D eigenvalue weighted by molar-refractivity contribution is 5.90. The molecule has 0 aliphatic carbocycles. The highest BCUT2D eigenvalue weighted by Crippen LogP contribution is 2.26. The van der Waals surface area contributed by atoms with Crippen LogP contribution < -0.4 is 20.1 Å². The number of para-hydroxylation sites is 2. The summed E-state index contributed by atoms with van der Waals surface area (Å²) < 4.78 is 10.7. The zero-order chi connectivity index (χ0) is 20.1. The molecule has 146 valence electrons. The topological polar surface area (TPSA) is 68.3 Å². The molecule has 0 saturated carbocycles. The third-order valence-electron chi connectivity index (χ3n) is 4.59. The Morgan fingerprint density at radius 2 is 1.55 bits per heavy atom. The molecule has 2 N–H and O–H groups in total. The number of methoxy groups -OCH3 is 2. The second-order valence-corrected chi connectivity index (χ2v) is 6.43. The number of benzene rings is 3. The normalized spacial score (nSPS) is 10.6. The molecule has 0 aliphatic heterocycles. The largest absolute Gasteiger partial charge is 0.497 e. The molecule has 0 unspecified atom stereocenters. The van der Waals surface area contributed by atoms with Crippen LogP contribution in [0.2, 0.25) is 0 Å². The number of rotatable bonds is 7. The smallest absolute Gasteiger partial charge is 0.229 e. The minimum absolute atomic E-state index is 0.524. The van der Waals surface area contributed by atoms with Crippen molar-refractivity contribution in [2.75, 3.05) is 24.9 Å². The molecule has 0 spiro atoms. The lowest BCUT2D eigenvalue weighted by Gasteiger charge is -2.13. The van der Waals surface area contributed by atoms with Crippen LogP contribution in [0.4, 0.5) is 17.5 Å². The highest BCUT2D eigenvalue weighted by atomic mass is 16.5. The minimum Gasteiger partial charge on any atom is -0.497 e. The fourth-order valence-corrected chi connectivity index (χ4v) is 3.10. The van der Waals surface area contributed by atoms with Gasteiger partial charge in [0, 0.05) is 23.2 Å². The van der Waals surface area contributed by atoms with E-state index >= 15 is 0 Å². The lowest BCUT2D eigenvalue weighted by atomic mass is 10.2. The van der Waals surface area contributed by atoms with Crippen LogP contribution in [0.1, 0.15) is 5.56 Å². The fourth-order valence-electron chi connectivity index (χ4n) is 3.10. The molecule has 0 atom stereocenters. The lowest BCUT2D eigenvalue weighted by Crippen LogP contribution is -2.06. The van der Waals surface area contributed by atoms with Crippen LogP contribution >= 0.6 is 0 Å². The van der Waals surface area contributed by atoms with Gasteiger partial charge in [0.15, 0.2) is 0 Å². The standard InChI is InChI=1S/C23H22N4O2/c1-28-18-13-11-17(12-14-18)25-23-26-20-9-5-4-8-19(20)22(27-23)24-15-16-7-3-6-10-21(16)29-2/h3-14H,15H2,1-2H3,(H2,24,25,26,27). The maximum absolute atomic E-state index is 5.45. The van der Waals surface area contributed by atoms with Crippen molar-refractivity contribution >= 4 is 28.4 Å². The molecule has 6 nitrogen and oxygen atoms in total. The molecular weight excluding hydrogens is 364 g/mol. The number of hydrogen-bond acceptors (Lipinski definition) is 6. The molecule has 0 fully saturated rings. The zero-order valence-electron chi connectivity index (χ0n) is 16.3. The summed E-state index contributed by atoms with van der Waals surface area (Å²) in [4.78, 5) is 9.35. The van der Waals surface area contributed by atoms with Gasteiger partial charge in [-0.15, -0.1) is 0 Å². The maximum Gasteiger partial charge on any atom is 0.229 e. The first kappa shape index (κ1) is 18.6. The molecular formula is C23H22N4O2. The quantitative estimate of drug-likeness (QED) is 0.466. The van der Waals surface area contributed by atoms with Crippen molar-refractivity contribution in [2.45, 2.75) is 6.54 Å². The molecule has 4 rings (SSSR count). The molecule has 1 heterocycles. The summed E-state index contributed by atoms with van der Waals surface area (Å²) in [6, 6.07) is 23.5. The summed E-state index contributed by atoms with van der Waals surface area (Å²) in [5.74, 6) is 2.93. The Hall–Kier alpha value is -3.80. The number of aromatic nitrogens is 2. The predicted molar refractivity (Wildman–Crippen MR) is 116 cm³/mol. The van der Waals surface area contributed by atoms with Crippen molar-refractivity contribution < 1.29 is 9.47 Å². The SMILES string of the molecule is COc1ccc(Nc2nc(NCc3ccccc3OC)c3ccccc3n2)cc1. The van der Waals surface area contributed by atoms with Gasteiger partial charge >= 0.3 is 0 Å². The van der Waals surface area contributed by atoms with E-state index in [4.69, 9.17) is 14.5 Å². The van der Waals surface area contributed by atoms with E-state index in [0.717, 1.165) is 39.5 Å². The molecule has 1 aromatic heterocycles. The number of hydrogen-bond donors (Lipinski definition) is 2. The minimum atomic E-state index is 0.524. The highest BCUT2D eigenvalue weighted by Gasteiger charge is 2.09. The second kappa shape index (κ2) is 8.48. The summed E-state index contributed by atoms with van der Waals surface area (Å²) in [6.45, 7) is 0.590. The first-order chi connectivity index (χ1) is 14.3. The van der Waals surface area contributed by atoms with Gasteiger partial charge < -0.3 is 20.1 Å². The van der Waals surface area contributed by atoms with Gasteiger partial charge in [0.2, 0.25) is 5.95 Å².